The molecule has 3 rings (SSSR count). The molecule has 1 amide bonds. The van der Waals surface area contributed by atoms with Gasteiger partial charge in [0.25, 0.3) is 5.91 Å². The van der Waals surface area contributed by atoms with Crippen LogP contribution in [0.2, 0.25) is 0 Å². The van der Waals surface area contributed by atoms with Crippen molar-refractivity contribution in [1.82, 2.24) is 4.90 Å². The number of aliphatic hydroxyl groups excluding tert-OH is 1. The third-order valence-electron chi connectivity index (χ3n) is 4.51. The quantitative estimate of drug-likeness (QED) is 0.919. The van der Waals surface area contributed by atoms with Crippen LogP contribution in [0.4, 0.5) is 0 Å². The molecule has 1 aliphatic rings. The summed E-state index contributed by atoms with van der Waals surface area (Å²) in [5.41, 5.74) is 0.857. The molecule has 1 heterocycles. The number of amides is 1. The molecule has 0 spiro atoms. The minimum atomic E-state index is -0.640. The molecule has 2 aromatic rings. The lowest BCUT2D eigenvalue weighted by atomic mass is 9.97. The third-order valence-corrected chi connectivity index (χ3v) is 4.51. The van der Waals surface area contributed by atoms with Crippen LogP contribution in [0.15, 0.2) is 60.7 Å². The van der Waals surface area contributed by atoms with Crippen molar-refractivity contribution in [1.29, 1.82) is 0 Å². The predicted octanol–water partition coefficient (Wildman–Crippen LogP) is 3.04. The van der Waals surface area contributed by atoms with Crippen LogP contribution >= 0.6 is 0 Å². The summed E-state index contributed by atoms with van der Waals surface area (Å²) < 4.78 is 6.03. The first-order chi connectivity index (χ1) is 11.8. The Kier molecular flexibility index (Phi) is 5.49. The van der Waals surface area contributed by atoms with E-state index < -0.39 is 6.10 Å². The van der Waals surface area contributed by atoms with Crippen molar-refractivity contribution in [3.63, 3.8) is 0 Å². The van der Waals surface area contributed by atoms with E-state index in [1.807, 2.05) is 65.6 Å². The molecule has 0 radical (unpaired) electrons. The predicted molar refractivity (Wildman–Crippen MR) is 92.6 cm³/mol. The Bertz CT molecular complexity index is 636. The van der Waals surface area contributed by atoms with Crippen LogP contribution in [-0.4, -0.2) is 35.6 Å². The molecule has 126 valence electrons. The highest BCUT2D eigenvalue weighted by atomic mass is 16.5. The number of carbonyl (C=O) groups excluding carboxylic acids is 1. The maximum absolute atomic E-state index is 13.0. The number of nitrogens with zero attached hydrogens (tertiary/aromatic N) is 1. The van der Waals surface area contributed by atoms with Gasteiger partial charge in [0.2, 0.25) is 6.10 Å². The van der Waals surface area contributed by atoms with Crippen molar-refractivity contribution < 1.29 is 14.6 Å². The highest BCUT2D eigenvalue weighted by molar-refractivity contribution is 5.82. The second kappa shape index (κ2) is 7.97. The summed E-state index contributed by atoms with van der Waals surface area (Å²) in [6, 6.07) is 19.1. The van der Waals surface area contributed by atoms with E-state index in [9.17, 15) is 9.90 Å². The van der Waals surface area contributed by atoms with E-state index in [2.05, 4.69) is 0 Å². The second-order valence-electron chi connectivity index (χ2n) is 6.17. The van der Waals surface area contributed by atoms with Gasteiger partial charge in [-0.2, -0.15) is 0 Å². The van der Waals surface area contributed by atoms with Gasteiger partial charge in [0.1, 0.15) is 5.75 Å². The lowest BCUT2D eigenvalue weighted by molar-refractivity contribution is -0.140. The minimum absolute atomic E-state index is 0.0126. The van der Waals surface area contributed by atoms with E-state index in [1.165, 1.54) is 0 Å². The van der Waals surface area contributed by atoms with Gasteiger partial charge in [-0.05, 0) is 30.9 Å². The maximum atomic E-state index is 13.0. The molecule has 2 aromatic carbocycles. The van der Waals surface area contributed by atoms with Crippen LogP contribution in [0.3, 0.4) is 0 Å². The number of likely N-dealkylation sites (tertiary alicyclic amines) is 1. The van der Waals surface area contributed by atoms with E-state index in [1.54, 1.807) is 0 Å². The Balaban J connectivity index is 1.78. The van der Waals surface area contributed by atoms with E-state index >= 15 is 0 Å². The number of para-hydroxylation sites is 1. The molecule has 1 fully saturated rings. The van der Waals surface area contributed by atoms with Crippen molar-refractivity contribution in [3.8, 4) is 5.75 Å². The normalized spacial score (nSPS) is 16.6. The molecule has 0 aromatic heterocycles. The number of piperidine rings is 1. The molecule has 0 aliphatic carbocycles. The Hall–Kier alpha value is -2.33. The van der Waals surface area contributed by atoms with E-state index in [0.29, 0.717) is 24.8 Å². The zero-order chi connectivity index (χ0) is 16.8. The molecule has 1 saturated heterocycles. The molecule has 1 aliphatic heterocycles. The Labute approximate surface area is 142 Å². The van der Waals surface area contributed by atoms with Crippen molar-refractivity contribution in [3.05, 3.63) is 66.2 Å². The highest BCUT2D eigenvalue weighted by Crippen LogP contribution is 2.26. The van der Waals surface area contributed by atoms with Crippen molar-refractivity contribution in [2.75, 3.05) is 19.7 Å². The standard InChI is InChI=1S/C20H23NO3/c22-15-16-11-13-21(14-12-16)20(23)19(17-7-3-1-4-8-17)24-18-9-5-2-6-10-18/h1-10,16,19,22H,11-15H2. The summed E-state index contributed by atoms with van der Waals surface area (Å²) in [5, 5.41) is 9.27. The number of rotatable bonds is 5. The van der Waals surface area contributed by atoms with Crippen molar-refractivity contribution in [2.24, 2.45) is 5.92 Å². The average Bonchev–Trinajstić information content (AvgIpc) is 2.67. The first-order valence-electron chi connectivity index (χ1n) is 8.44. The first kappa shape index (κ1) is 16.5. The summed E-state index contributed by atoms with van der Waals surface area (Å²) in [7, 11) is 0. The molecular weight excluding hydrogens is 302 g/mol. The fourth-order valence-corrected chi connectivity index (χ4v) is 3.03. The van der Waals surface area contributed by atoms with Gasteiger partial charge < -0.3 is 14.7 Å². The SMILES string of the molecule is O=C(C(Oc1ccccc1)c1ccccc1)N1CCC(CO)CC1. The van der Waals surface area contributed by atoms with Crippen LogP contribution in [-0.2, 0) is 4.79 Å². The summed E-state index contributed by atoms with van der Waals surface area (Å²) in [6.07, 6.45) is 1.05. The van der Waals surface area contributed by atoms with Gasteiger partial charge in [0, 0.05) is 25.3 Å². The molecule has 24 heavy (non-hydrogen) atoms. The number of hydrogen-bond donors (Lipinski definition) is 1. The van der Waals surface area contributed by atoms with E-state index in [0.717, 1.165) is 18.4 Å². The van der Waals surface area contributed by atoms with E-state index in [-0.39, 0.29) is 12.5 Å². The van der Waals surface area contributed by atoms with Gasteiger partial charge in [-0.1, -0.05) is 48.5 Å². The van der Waals surface area contributed by atoms with E-state index in [4.69, 9.17) is 4.74 Å². The van der Waals surface area contributed by atoms with Gasteiger partial charge in [-0.15, -0.1) is 0 Å². The Morgan fingerprint density at radius 3 is 2.21 bits per heavy atom. The topological polar surface area (TPSA) is 49.8 Å². The van der Waals surface area contributed by atoms with Crippen molar-refractivity contribution >= 4 is 5.91 Å². The molecule has 4 nitrogen and oxygen atoms in total. The van der Waals surface area contributed by atoms with Crippen LogP contribution in [0, 0.1) is 5.92 Å². The van der Waals surface area contributed by atoms with Crippen LogP contribution in [0.1, 0.15) is 24.5 Å². The minimum Gasteiger partial charge on any atom is -0.476 e. The fourth-order valence-electron chi connectivity index (χ4n) is 3.03. The van der Waals surface area contributed by atoms with Gasteiger partial charge in [0.15, 0.2) is 0 Å². The molecule has 0 bridgehead atoms. The first-order valence-corrected chi connectivity index (χ1v) is 8.44. The fraction of sp³-hybridized carbons (Fsp3) is 0.350. The molecule has 1 atom stereocenters. The monoisotopic (exact) mass is 325 g/mol. The molecule has 1 N–H and O–H groups in total. The summed E-state index contributed by atoms with van der Waals surface area (Å²) in [5.74, 6) is 0.977. The number of benzene rings is 2. The Morgan fingerprint density at radius 2 is 1.62 bits per heavy atom. The van der Waals surface area contributed by atoms with Crippen LogP contribution in [0.5, 0.6) is 5.75 Å². The summed E-state index contributed by atoms with van der Waals surface area (Å²) >= 11 is 0. The zero-order valence-corrected chi connectivity index (χ0v) is 13.7. The van der Waals surface area contributed by atoms with Gasteiger partial charge in [0.05, 0.1) is 0 Å². The smallest absolute Gasteiger partial charge is 0.268 e. The Morgan fingerprint density at radius 1 is 1.04 bits per heavy atom. The number of aliphatic hydroxyl groups is 1. The number of carbonyl (C=O) groups is 1. The second-order valence-corrected chi connectivity index (χ2v) is 6.17. The lowest BCUT2D eigenvalue weighted by Crippen LogP contribution is -2.43. The van der Waals surface area contributed by atoms with Gasteiger partial charge in [-0.3, -0.25) is 4.79 Å². The highest BCUT2D eigenvalue weighted by Gasteiger charge is 2.30. The van der Waals surface area contributed by atoms with Crippen LogP contribution in [0.25, 0.3) is 0 Å². The third kappa shape index (κ3) is 3.95. The van der Waals surface area contributed by atoms with Crippen LogP contribution < -0.4 is 4.74 Å². The summed E-state index contributed by atoms with van der Waals surface area (Å²) in [4.78, 5) is 14.9. The van der Waals surface area contributed by atoms with Crippen molar-refractivity contribution in [2.45, 2.75) is 18.9 Å². The van der Waals surface area contributed by atoms with Gasteiger partial charge in [-0.25, -0.2) is 0 Å². The zero-order valence-electron chi connectivity index (χ0n) is 13.7. The maximum Gasteiger partial charge on any atom is 0.268 e. The largest absolute Gasteiger partial charge is 0.476 e. The average molecular weight is 325 g/mol. The molecule has 4 heteroatoms. The lowest BCUT2D eigenvalue weighted by Gasteiger charge is -2.33. The molecule has 1 unspecified atom stereocenters. The number of ether oxygens (including phenoxy) is 1. The summed E-state index contributed by atoms with van der Waals surface area (Å²) in [6.45, 7) is 1.54. The molecule has 0 saturated carbocycles. The van der Waals surface area contributed by atoms with Gasteiger partial charge >= 0.3 is 0 Å². The molecular formula is C20H23NO3. The number of hydrogen-bond acceptors (Lipinski definition) is 3.